The Morgan fingerprint density at radius 3 is 2.74 bits per heavy atom. The van der Waals surface area contributed by atoms with E-state index in [9.17, 15) is 4.79 Å². The van der Waals surface area contributed by atoms with Crippen molar-refractivity contribution in [2.45, 2.75) is 26.7 Å². The van der Waals surface area contributed by atoms with E-state index < -0.39 is 0 Å². The molecule has 0 aliphatic carbocycles. The second kappa shape index (κ2) is 7.35. The molecule has 138 valence electrons. The van der Waals surface area contributed by atoms with E-state index in [1.165, 1.54) is 11.1 Å². The molecule has 1 aliphatic rings. The van der Waals surface area contributed by atoms with Crippen molar-refractivity contribution in [2.75, 3.05) is 23.3 Å². The minimum absolute atomic E-state index is 0.0476. The van der Waals surface area contributed by atoms with Gasteiger partial charge in [0.15, 0.2) is 0 Å². The summed E-state index contributed by atoms with van der Waals surface area (Å²) in [6.45, 7) is 5.71. The second-order valence-electron chi connectivity index (χ2n) is 7.29. The summed E-state index contributed by atoms with van der Waals surface area (Å²) >= 11 is 0. The highest BCUT2D eigenvalue weighted by atomic mass is 16.1. The van der Waals surface area contributed by atoms with Gasteiger partial charge in [-0.05, 0) is 62.1 Å². The number of anilines is 2. The predicted molar refractivity (Wildman–Crippen MR) is 109 cm³/mol. The highest BCUT2D eigenvalue weighted by molar-refractivity contribution is 5.93. The average Bonchev–Trinajstić information content (AvgIpc) is 2.70. The van der Waals surface area contributed by atoms with Crippen molar-refractivity contribution in [3.8, 4) is 0 Å². The van der Waals surface area contributed by atoms with Crippen LogP contribution in [0, 0.1) is 19.8 Å². The first kappa shape index (κ1) is 17.5. The van der Waals surface area contributed by atoms with Crippen molar-refractivity contribution in [2.24, 2.45) is 5.92 Å². The van der Waals surface area contributed by atoms with Crippen LogP contribution < -0.4 is 10.2 Å². The highest BCUT2D eigenvalue weighted by Gasteiger charge is 2.27. The van der Waals surface area contributed by atoms with Gasteiger partial charge in [0.25, 0.3) is 0 Å². The number of aryl methyl sites for hydroxylation is 2. The second-order valence-corrected chi connectivity index (χ2v) is 7.29. The Labute approximate surface area is 159 Å². The van der Waals surface area contributed by atoms with Crippen LogP contribution in [0.3, 0.4) is 0 Å². The maximum absolute atomic E-state index is 12.8. The number of amides is 1. The van der Waals surface area contributed by atoms with Crippen molar-refractivity contribution in [1.82, 2.24) is 9.97 Å². The molecule has 1 fully saturated rings. The zero-order valence-electron chi connectivity index (χ0n) is 15.8. The van der Waals surface area contributed by atoms with E-state index in [4.69, 9.17) is 4.98 Å². The van der Waals surface area contributed by atoms with E-state index in [-0.39, 0.29) is 11.8 Å². The van der Waals surface area contributed by atoms with Gasteiger partial charge in [-0.2, -0.15) is 0 Å². The Balaban J connectivity index is 1.48. The third kappa shape index (κ3) is 3.77. The maximum atomic E-state index is 12.8. The molecular formula is C22H24N4O. The number of nitrogens with zero attached hydrogens (tertiary/aromatic N) is 3. The Morgan fingerprint density at radius 1 is 1.11 bits per heavy atom. The van der Waals surface area contributed by atoms with E-state index in [2.05, 4.69) is 29.0 Å². The van der Waals surface area contributed by atoms with Crippen molar-refractivity contribution >= 4 is 28.4 Å². The first-order valence-electron chi connectivity index (χ1n) is 9.45. The average molecular weight is 360 g/mol. The Morgan fingerprint density at radius 2 is 1.93 bits per heavy atom. The third-order valence-electron chi connectivity index (χ3n) is 5.33. The molecular weight excluding hydrogens is 336 g/mol. The van der Waals surface area contributed by atoms with Crippen LogP contribution in [0.2, 0.25) is 0 Å². The number of hydrogen-bond acceptors (Lipinski definition) is 4. The molecule has 2 aromatic carbocycles. The van der Waals surface area contributed by atoms with Gasteiger partial charge in [-0.3, -0.25) is 9.78 Å². The SMILES string of the molecule is Cc1ccc(NC(=O)C2CCCN(c3cnc4ccccc4n3)C2)cc1C. The van der Waals surface area contributed by atoms with Gasteiger partial charge in [0, 0.05) is 18.8 Å². The minimum Gasteiger partial charge on any atom is -0.355 e. The van der Waals surface area contributed by atoms with Crippen molar-refractivity contribution in [1.29, 1.82) is 0 Å². The first-order valence-corrected chi connectivity index (χ1v) is 9.45. The normalized spacial score (nSPS) is 17.1. The fraction of sp³-hybridized carbons (Fsp3) is 0.318. The maximum Gasteiger partial charge on any atom is 0.229 e. The summed E-state index contributed by atoms with van der Waals surface area (Å²) in [5, 5.41) is 3.08. The molecule has 1 N–H and O–H groups in total. The van der Waals surface area contributed by atoms with E-state index in [1.54, 1.807) is 0 Å². The van der Waals surface area contributed by atoms with Gasteiger partial charge >= 0.3 is 0 Å². The lowest BCUT2D eigenvalue weighted by Crippen LogP contribution is -2.41. The third-order valence-corrected chi connectivity index (χ3v) is 5.33. The number of hydrogen-bond donors (Lipinski definition) is 1. The van der Waals surface area contributed by atoms with E-state index in [0.717, 1.165) is 41.9 Å². The zero-order valence-corrected chi connectivity index (χ0v) is 15.8. The molecule has 0 spiro atoms. The number of fused-ring (bicyclic) bond motifs is 1. The van der Waals surface area contributed by atoms with E-state index >= 15 is 0 Å². The summed E-state index contributed by atoms with van der Waals surface area (Å²) in [6.07, 6.45) is 3.68. The number of nitrogens with one attached hydrogen (secondary N) is 1. The highest BCUT2D eigenvalue weighted by Crippen LogP contribution is 2.24. The summed E-state index contributed by atoms with van der Waals surface area (Å²) in [4.78, 5) is 24.2. The monoisotopic (exact) mass is 360 g/mol. The predicted octanol–water partition coefficient (Wildman–Crippen LogP) is 4.10. The lowest BCUT2D eigenvalue weighted by atomic mass is 9.97. The van der Waals surface area contributed by atoms with Crippen molar-refractivity contribution in [3.05, 3.63) is 59.8 Å². The Hall–Kier alpha value is -2.95. The number of para-hydroxylation sites is 2. The molecule has 4 rings (SSSR count). The number of aromatic nitrogens is 2. The number of piperidine rings is 1. The summed E-state index contributed by atoms with van der Waals surface area (Å²) in [7, 11) is 0. The van der Waals surface area contributed by atoms with Gasteiger partial charge in [-0.1, -0.05) is 18.2 Å². The topological polar surface area (TPSA) is 58.1 Å². The standard InChI is InChI=1S/C22H24N4O/c1-15-9-10-18(12-16(15)2)24-22(27)17-6-5-11-26(14-17)21-13-23-19-7-3-4-8-20(19)25-21/h3-4,7-10,12-13,17H,5-6,11,14H2,1-2H3,(H,24,27). The van der Waals surface area contributed by atoms with Gasteiger partial charge in [0.05, 0.1) is 23.1 Å². The zero-order chi connectivity index (χ0) is 18.8. The molecule has 1 aliphatic heterocycles. The van der Waals surface area contributed by atoms with Gasteiger partial charge in [-0.25, -0.2) is 4.98 Å². The number of carbonyl (C=O) groups is 1. The molecule has 1 amide bonds. The molecule has 1 unspecified atom stereocenters. The van der Waals surface area contributed by atoms with Crippen LogP contribution in [0.5, 0.6) is 0 Å². The molecule has 0 radical (unpaired) electrons. The number of benzene rings is 2. The Kier molecular flexibility index (Phi) is 4.75. The summed E-state index contributed by atoms with van der Waals surface area (Å²) in [5.41, 5.74) is 5.06. The van der Waals surface area contributed by atoms with E-state index in [0.29, 0.717) is 6.54 Å². The molecule has 3 aromatic rings. The molecule has 5 heteroatoms. The molecule has 2 heterocycles. The molecule has 0 saturated carbocycles. The minimum atomic E-state index is -0.0476. The van der Waals surface area contributed by atoms with Gasteiger partial charge in [0.2, 0.25) is 5.91 Å². The lowest BCUT2D eigenvalue weighted by molar-refractivity contribution is -0.120. The van der Waals surface area contributed by atoms with Crippen molar-refractivity contribution in [3.63, 3.8) is 0 Å². The van der Waals surface area contributed by atoms with Crippen LogP contribution in [0.25, 0.3) is 11.0 Å². The van der Waals surface area contributed by atoms with Crippen LogP contribution in [-0.4, -0.2) is 29.0 Å². The molecule has 1 saturated heterocycles. The van der Waals surface area contributed by atoms with Gasteiger partial charge < -0.3 is 10.2 Å². The smallest absolute Gasteiger partial charge is 0.229 e. The summed E-state index contributed by atoms with van der Waals surface area (Å²) in [5.74, 6) is 0.878. The fourth-order valence-corrected chi connectivity index (χ4v) is 3.56. The molecule has 1 aromatic heterocycles. The molecule has 5 nitrogen and oxygen atoms in total. The Bertz CT molecular complexity index is 985. The van der Waals surface area contributed by atoms with Crippen LogP contribution in [0.4, 0.5) is 11.5 Å². The van der Waals surface area contributed by atoms with Gasteiger partial charge in [-0.15, -0.1) is 0 Å². The van der Waals surface area contributed by atoms with Crippen LogP contribution in [-0.2, 0) is 4.79 Å². The summed E-state index contributed by atoms with van der Waals surface area (Å²) in [6, 6.07) is 13.9. The van der Waals surface area contributed by atoms with Crippen molar-refractivity contribution < 1.29 is 4.79 Å². The van der Waals surface area contributed by atoms with E-state index in [1.807, 2.05) is 48.7 Å². The largest absolute Gasteiger partial charge is 0.355 e. The lowest BCUT2D eigenvalue weighted by Gasteiger charge is -2.32. The first-order chi connectivity index (χ1) is 13.1. The molecule has 27 heavy (non-hydrogen) atoms. The van der Waals surface area contributed by atoms with Gasteiger partial charge in [0.1, 0.15) is 5.82 Å². The van der Waals surface area contributed by atoms with Crippen LogP contribution in [0.15, 0.2) is 48.7 Å². The quantitative estimate of drug-likeness (QED) is 0.764. The van der Waals surface area contributed by atoms with Crippen LogP contribution >= 0.6 is 0 Å². The summed E-state index contributed by atoms with van der Waals surface area (Å²) < 4.78 is 0. The molecule has 0 bridgehead atoms. The molecule has 1 atom stereocenters. The number of carbonyl (C=O) groups excluding carboxylic acids is 1. The fourth-order valence-electron chi connectivity index (χ4n) is 3.56. The van der Waals surface area contributed by atoms with Crippen LogP contribution in [0.1, 0.15) is 24.0 Å². The number of rotatable bonds is 3.